The molecule has 0 bridgehead atoms. The number of H-pyrrole nitrogens is 1. The van der Waals surface area contributed by atoms with E-state index in [-0.39, 0.29) is 17.9 Å². The Balaban J connectivity index is 1.78. The number of hydrogen-bond acceptors (Lipinski definition) is 4. The van der Waals surface area contributed by atoms with Crippen molar-refractivity contribution in [1.29, 1.82) is 0 Å². The number of fused-ring (bicyclic) bond motifs is 1. The Morgan fingerprint density at radius 1 is 1.30 bits per heavy atom. The van der Waals surface area contributed by atoms with Crippen molar-refractivity contribution in [2.45, 2.75) is 34.1 Å². The van der Waals surface area contributed by atoms with Crippen molar-refractivity contribution in [1.82, 2.24) is 13.5 Å². The maximum atomic E-state index is 12.8. The molecule has 156 valence electrons. The maximum absolute atomic E-state index is 12.8. The third kappa shape index (κ3) is 3.60. The number of aromatic nitrogens is 2. The van der Waals surface area contributed by atoms with Crippen LogP contribution in [0.1, 0.15) is 37.5 Å². The van der Waals surface area contributed by atoms with Gasteiger partial charge in [0.15, 0.2) is 0 Å². The number of esters is 1. The number of nitrogens with one attached hydrogen (secondary N) is 2. The number of rotatable bonds is 5. The predicted molar refractivity (Wildman–Crippen MR) is 126 cm³/mol. The highest BCUT2D eigenvalue weighted by molar-refractivity contribution is 14.2. The first-order chi connectivity index (χ1) is 14.4. The largest absolute Gasteiger partial charge is 0.426 e. The van der Waals surface area contributed by atoms with Crippen molar-refractivity contribution in [2.75, 3.05) is 4.90 Å². The molecule has 0 saturated heterocycles. The molecule has 2 heterocycles. The molecular weight excluding hydrogens is 495 g/mol. The highest BCUT2D eigenvalue weighted by Crippen LogP contribution is 2.34. The monoisotopic (exact) mass is 518 g/mol. The van der Waals surface area contributed by atoms with E-state index in [1.807, 2.05) is 58.0 Å². The predicted octanol–water partition coefficient (Wildman–Crippen LogP) is 4.59. The van der Waals surface area contributed by atoms with Gasteiger partial charge in [-0.25, -0.2) is 9.78 Å². The van der Waals surface area contributed by atoms with Gasteiger partial charge in [-0.1, -0.05) is 26.8 Å². The van der Waals surface area contributed by atoms with Gasteiger partial charge in [0.2, 0.25) is 0 Å². The van der Waals surface area contributed by atoms with Gasteiger partial charge in [-0.3, -0.25) is 13.2 Å². The van der Waals surface area contributed by atoms with Gasteiger partial charge in [0.05, 0.1) is 23.4 Å². The number of amides is 2. The van der Waals surface area contributed by atoms with Crippen molar-refractivity contribution in [3.63, 3.8) is 0 Å². The van der Waals surface area contributed by atoms with Crippen LogP contribution in [0, 0.1) is 12.8 Å². The summed E-state index contributed by atoms with van der Waals surface area (Å²) >= 11 is -0.726. The second kappa shape index (κ2) is 8.17. The zero-order valence-electron chi connectivity index (χ0n) is 17.2. The summed E-state index contributed by atoms with van der Waals surface area (Å²) in [6.07, 6.45) is 2.35. The second-order valence-electron chi connectivity index (χ2n) is 7.40. The van der Waals surface area contributed by atoms with Crippen LogP contribution in [0.25, 0.3) is 11.0 Å². The van der Waals surface area contributed by atoms with Crippen LogP contribution in [-0.2, 0) is 11.2 Å². The van der Waals surface area contributed by atoms with E-state index in [2.05, 4.69) is 13.5 Å². The number of ether oxygens (including phenoxy) is 1. The van der Waals surface area contributed by atoms with Gasteiger partial charge in [-0.15, -0.1) is 0 Å². The SMILES string of the molecule is CCc1cc(C2=INC(=O)N2c2cccc3[nH]cnc23)c(C)cc1OC(=O)C(C)C. The van der Waals surface area contributed by atoms with Gasteiger partial charge in [-0.05, 0) is 48.7 Å². The molecule has 2 aromatic carbocycles. The van der Waals surface area contributed by atoms with Crippen molar-refractivity contribution in [2.24, 2.45) is 5.92 Å². The van der Waals surface area contributed by atoms with E-state index in [0.717, 1.165) is 43.5 Å². The minimum atomic E-state index is -0.726. The van der Waals surface area contributed by atoms with E-state index in [1.54, 1.807) is 11.2 Å². The Morgan fingerprint density at radius 3 is 2.83 bits per heavy atom. The highest BCUT2D eigenvalue weighted by atomic mass is 127. The molecule has 2 N–H and O–H groups in total. The fourth-order valence-corrected chi connectivity index (χ4v) is 5.64. The number of aryl methyl sites for hydroxylation is 2. The molecule has 0 spiro atoms. The van der Waals surface area contributed by atoms with Crippen LogP contribution in [0.4, 0.5) is 10.5 Å². The molecule has 3 aromatic rings. The molecule has 0 fully saturated rings. The summed E-state index contributed by atoms with van der Waals surface area (Å²) in [6.45, 7) is 7.65. The number of carbonyl (C=O) groups excluding carboxylic acids is 2. The van der Waals surface area contributed by atoms with E-state index < -0.39 is 21.0 Å². The second-order valence-corrected chi connectivity index (χ2v) is 9.50. The molecule has 4 rings (SSSR count). The molecule has 7 nitrogen and oxygen atoms in total. The van der Waals surface area contributed by atoms with Crippen LogP contribution >= 0.6 is 21.0 Å². The van der Waals surface area contributed by atoms with Crippen molar-refractivity contribution >= 4 is 53.4 Å². The van der Waals surface area contributed by atoms with Crippen LogP contribution in [-0.4, -0.2) is 25.6 Å². The van der Waals surface area contributed by atoms with E-state index in [9.17, 15) is 9.59 Å². The molecule has 0 atom stereocenters. The molecule has 1 aromatic heterocycles. The van der Waals surface area contributed by atoms with Gasteiger partial charge < -0.3 is 9.72 Å². The van der Waals surface area contributed by atoms with Crippen LogP contribution in [0.15, 0.2) is 36.7 Å². The summed E-state index contributed by atoms with van der Waals surface area (Å²) in [5.41, 5.74) is 5.29. The molecule has 1 aliphatic heterocycles. The topological polar surface area (TPSA) is 87.3 Å². The molecule has 0 unspecified atom stereocenters. The average molecular weight is 518 g/mol. The van der Waals surface area contributed by atoms with Crippen molar-refractivity contribution < 1.29 is 14.3 Å². The Morgan fingerprint density at radius 2 is 2.10 bits per heavy atom. The zero-order chi connectivity index (χ0) is 21.4. The molecule has 2 amide bonds. The van der Waals surface area contributed by atoms with Crippen LogP contribution in [0.2, 0.25) is 0 Å². The lowest BCUT2D eigenvalue weighted by atomic mass is 10.0. The Labute approximate surface area is 184 Å². The van der Waals surface area contributed by atoms with Gasteiger partial charge in [0.1, 0.15) is 14.9 Å². The maximum Gasteiger partial charge on any atom is 0.335 e. The van der Waals surface area contributed by atoms with Crippen molar-refractivity contribution in [3.05, 3.63) is 53.3 Å². The standard InChI is InChI=1S/C22H23IN4O3/c1-5-14-10-15(13(4)9-18(14)30-21(28)12(2)3)20-23-26-22(29)27(20)17-8-6-7-16-19(17)25-11-24-16/h6-12H,5H2,1-4H3,(H,24,25)(H,26,29). The number of nitrogens with zero attached hydrogens (tertiary/aromatic N) is 2. The first kappa shape index (κ1) is 20.5. The van der Waals surface area contributed by atoms with E-state index in [4.69, 9.17) is 4.74 Å². The molecule has 0 aliphatic carbocycles. The number of para-hydroxylation sites is 1. The molecule has 30 heavy (non-hydrogen) atoms. The van der Waals surface area contributed by atoms with Gasteiger partial charge in [0.25, 0.3) is 0 Å². The lowest BCUT2D eigenvalue weighted by Crippen LogP contribution is -2.35. The molecule has 0 radical (unpaired) electrons. The molecular formula is C22H23IN4O3. The summed E-state index contributed by atoms with van der Waals surface area (Å²) in [5, 5.41) is 0. The summed E-state index contributed by atoms with van der Waals surface area (Å²) in [7, 11) is 0. The summed E-state index contributed by atoms with van der Waals surface area (Å²) < 4.78 is 9.62. The number of halogens is 1. The third-order valence-electron chi connectivity index (χ3n) is 4.98. The third-order valence-corrected chi connectivity index (χ3v) is 7.28. The van der Waals surface area contributed by atoms with E-state index in [0.29, 0.717) is 5.75 Å². The highest BCUT2D eigenvalue weighted by Gasteiger charge is 2.30. The molecule has 8 heteroatoms. The first-order valence-corrected chi connectivity index (χ1v) is 11.9. The lowest BCUT2D eigenvalue weighted by Gasteiger charge is -2.21. The quantitative estimate of drug-likeness (QED) is 0.224. The van der Waals surface area contributed by atoms with Crippen LogP contribution in [0.3, 0.4) is 0 Å². The Hall–Kier alpha value is -2.75. The number of hydrogen-bond donors (Lipinski definition) is 2. The zero-order valence-corrected chi connectivity index (χ0v) is 19.4. The van der Waals surface area contributed by atoms with E-state index >= 15 is 0 Å². The number of imidazole rings is 1. The van der Waals surface area contributed by atoms with Crippen LogP contribution in [0.5, 0.6) is 5.75 Å². The van der Waals surface area contributed by atoms with Gasteiger partial charge >= 0.3 is 12.0 Å². The van der Waals surface area contributed by atoms with Gasteiger partial charge in [-0.2, -0.15) is 0 Å². The van der Waals surface area contributed by atoms with Gasteiger partial charge in [0, 0.05) is 26.6 Å². The average Bonchev–Trinajstić information content (AvgIpc) is 3.34. The number of anilines is 1. The normalized spacial score (nSPS) is 14.0. The fourth-order valence-electron chi connectivity index (χ4n) is 3.32. The van der Waals surface area contributed by atoms with Crippen molar-refractivity contribution in [3.8, 4) is 5.75 Å². The minimum absolute atomic E-state index is 0.138. The Bertz CT molecular complexity index is 1180. The molecule has 1 aliphatic rings. The number of carbonyl (C=O) groups is 2. The van der Waals surface area contributed by atoms with Crippen LogP contribution < -0.4 is 13.2 Å². The Kier molecular flexibility index (Phi) is 5.59. The summed E-state index contributed by atoms with van der Waals surface area (Å²) in [4.78, 5) is 34.2. The first-order valence-electron chi connectivity index (χ1n) is 9.79. The number of benzene rings is 2. The number of urea groups is 1. The fraction of sp³-hybridized carbons (Fsp3) is 0.273. The van der Waals surface area contributed by atoms with E-state index in [1.165, 1.54) is 0 Å². The summed E-state index contributed by atoms with van der Waals surface area (Å²) in [6, 6.07) is 9.57. The summed E-state index contributed by atoms with van der Waals surface area (Å²) in [5.74, 6) is 0.146. The lowest BCUT2D eigenvalue weighted by molar-refractivity contribution is -0.137. The smallest absolute Gasteiger partial charge is 0.335 e. The molecule has 0 saturated carbocycles. The minimum Gasteiger partial charge on any atom is -0.426 e. The number of aromatic amines is 1.